The molecule has 0 aliphatic heterocycles. The monoisotopic (exact) mass is 959 g/mol. The van der Waals surface area contributed by atoms with Crippen LogP contribution in [0.1, 0.15) is 22.3 Å². The molecule has 0 N–H and O–H groups in total. The molecule has 0 saturated heterocycles. The summed E-state index contributed by atoms with van der Waals surface area (Å²) in [6, 6.07) is 100. The average molecular weight is 960 g/mol. The number of anilines is 3. The van der Waals surface area contributed by atoms with E-state index >= 15 is 0 Å². The molecule has 1 aliphatic carbocycles. The van der Waals surface area contributed by atoms with Gasteiger partial charge in [0.25, 0.3) is 0 Å². The number of furan rings is 1. The van der Waals surface area contributed by atoms with E-state index in [-0.39, 0.29) is 0 Å². The third-order valence-corrected chi connectivity index (χ3v) is 16.8. The Hall–Kier alpha value is -9.28. The summed E-state index contributed by atoms with van der Waals surface area (Å²) in [6.45, 7) is 0. The van der Waals surface area contributed by atoms with E-state index in [9.17, 15) is 0 Å². The van der Waals surface area contributed by atoms with Gasteiger partial charge in [-0.2, -0.15) is 0 Å². The van der Waals surface area contributed by atoms with Crippen molar-refractivity contribution < 1.29 is 4.42 Å². The second kappa shape index (κ2) is 16.9. The van der Waals surface area contributed by atoms with Gasteiger partial charge in [-0.1, -0.05) is 231 Å². The minimum absolute atomic E-state index is 0.477. The van der Waals surface area contributed by atoms with Crippen LogP contribution in [0.2, 0.25) is 0 Å². The molecule has 0 unspecified atom stereocenters. The summed E-state index contributed by atoms with van der Waals surface area (Å²) in [7, 11) is 0. The molecule has 3 heteroatoms. The van der Waals surface area contributed by atoms with Gasteiger partial charge < -0.3 is 9.32 Å². The molecule has 15 rings (SSSR count). The van der Waals surface area contributed by atoms with Crippen LogP contribution in [0, 0.1) is 0 Å². The Bertz CT molecular complexity index is 4430. The van der Waals surface area contributed by atoms with Gasteiger partial charge in [-0.3, -0.25) is 0 Å². The predicted octanol–water partition coefficient (Wildman–Crippen LogP) is 19.9. The third-order valence-electron chi connectivity index (χ3n) is 15.6. The van der Waals surface area contributed by atoms with Gasteiger partial charge in [-0.15, -0.1) is 11.3 Å². The van der Waals surface area contributed by atoms with E-state index < -0.39 is 5.41 Å². The van der Waals surface area contributed by atoms with E-state index in [1.54, 1.807) is 0 Å². The summed E-state index contributed by atoms with van der Waals surface area (Å²) in [5, 5.41) is 7.12. The molecule has 14 aromatic rings. The maximum absolute atomic E-state index is 7.00. The van der Waals surface area contributed by atoms with Gasteiger partial charge in [0.1, 0.15) is 11.2 Å². The highest BCUT2D eigenvalue weighted by Crippen LogP contribution is 2.58. The standard InChI is InChI=1S/C71H45NOS/c1-3-19-49(20-4-1)71(50-21-5-2-6-22-50)63-32-12-9-26-62(63)67-53(27-17-33-64(67)71)47-36-41-51(42-37-47)72(52-43-38-48(39-44-52)55-28-15-31-61-57-25-11-14-35-66(57)74-70(55)61)65-34-13-10-24-56(65)58-29-16-30-59-60-45-40-46-18-7-8-23-54(46)68(60)73-69(58)59/h1-45H. The smallest absolute Gasteiger partial charge is 0.143 e. The Morgan fingerprint density at radius 1 is 0.324 bits per heavy atom. The first-order valence-electron chi connectivity index (χ1n) is 25.4. The van der Waals surface area contributed by atoms with E-state index in [0.717, 1.165) is 61.1 Å². The fourth-order valence-electron chi connectivity index (χ4n) is 12.4. The first-order valence-corrected chi connectivity index (χ1v) is 26.2. The molecule has 0 saturated carbocycles. The molecular formula is C71H45NOS. The summed E-state index contributed by atoms with van der Waals surface area (Å²) in [6.07, 6.45) is 0. The predicted molar refractivity (Wildman–Crippen MR) is 312 cm³/mol. The lowest BCUT2D eigenvalue weighted by Crippen LogP contribution is -2.28. The normalized spacial score (nSPS) is 12.7. The number of fused-ring (bicyclic) bond motifs is 11. The van der Waals surface area contributed by atoms with Crippen LogP contribution in [0.3, 0.4) is 0 Å². The van der Waals surface area contributed by atoms with Crippen molar-refractivity contribution in [3.63, 3.8) is 0 Å². The third kappa shape index (κ3) is 6.37. The lowest BCUT2D eigenvalue weighted by molar-refractivity contribution is 0.674. The van der Waals surface area contributed by atoms with Gasteiger partial charge in [0.2, 0.25) is 0 Å². The molecule has 0 radical (unpaired) electrons. The molecule has 346 valence electrons. The number of nitrogens with zero attached hydrogens (tertiary/aromatic N) is 1. The quantitative estimate of drug-likeness (QED) is 0.151. The number of thiophene rings is 1. The van der Waals surface area contributed by atoms with Gasteiger partial charge in [0.05, 0.1) is 11.1 Å². The van der Waals surface area contributed by atoms with Crippen LogP contribution in [-0.4, -0.2) is 0 Å². The second-order valence-electron chi connectivity index (χ2n) is 19.4. The number of benzene rings is 12. The largest absolute Gasteiger partial charge is 0.455 e. The topological polar surface area (TPSA) is 16.4 Å². The highest BCUT2D eigenvalue weighted by Gasteiger charge is 2.46. The first kappa shape index (κ1) is 42.4. The zero-order valence-electron chi connectivity index (χ0n) is 40.2. The molecule has 0 amide bonds. The summed E-state index contributed by atoms with van der Waals surface area (Å²) >= 11 is 1.87. The molecule has 12 aromatic carbocycles. The van der Waals surface area contributed by atoms with E-state index in [1.165, 1.54) is 75.6 Å². The first-order chi connectivity index (χ1) is 36.7. The highest BCUT2D eigenvalue weighted by atomic mass is 32.1. The molecule has 1 aliphatic rings. The zero-order valence-corrected chi connectivity index (χ0v) is 41.1. The molecule has 0 spiro atoms. The lowest BCUT2D eigenvalue weighted by Gasteiger charge is -2.34. The van der Waals surface area contributed by atoms with Gasteiger partial charge in [0.15, 0.2) is 0 Å². The van der Waals surface area contributed by atoms with Crippen LogP contribution in [0.25, 0.3) is 97.4 Å². The van der Waals surface area contributed by atoms with Crippen LogP contribution in [0.5, 0.6) is 0 Å². The lowest BCUT2D eigenvalue weighted by atomic mass is 9.67. The molecule has 0 fully saturated rings. The maximum atomic E-state index is 7.00. The SMILES string of the molecule is c1ccc(C2(c3ccccc3)c3ccccc3-c3c(-c4ccc(N(c5ccc(-c6cccc7c6sc6ccccc67)cc5)c5ccccc5-c5cccc6c5oc5c7ccccc7ccc65)cc4)cccc32)cc1. The fourth-order valence-corrected chi connectivity index (χ4v) is 13.6. The Kier molecular flexibility index (Phi) is 9.70. The number of hydrogen-bond acceptors (Lipinski definition) is 3. The minimum atomic E-state index is -0.477. The van der Waals surface area contributed by atoms with Crippen molar-refractivity contribution in [2.75, 3.05) is 4.90 Å². The van der Waals surface area contributed by atoms with Gasteiger partial charge in [-0.05, 0) is 103 Å². The maximum Gasteiger partial charge on any atom is 0.143 e. The van der Waals surface area contributed by atoms with Crippen molar-refractivity contribution in [1.29, 1.82) is 0 Å². The van der Waals surface area contributed by atoms with Crippen LogP contribution in [0.4, 0.5) is 17.1 Å². The van der Waals surface area contributed by atoms with E-state index in [4.69, 9.17) is 4.42 Å². The molecule has 0 atom stereocenters. The average Bonchev–Trinajstić information content (AvgIpc) is 4.16. The fraction of sp³-hybridized carbons (Fsp3) is 0.0141. The van der Waals surface area contributed by atoms with Crippen molar-refractivity contribution in [2.45, 2.75) is 5.41 Å². The Balaban J connectivity index is 0.903. The summed E-state index contributed by atoms with van der Waals surface area (Å²) in [4.78, 5) is 2.42. The van der Waals surface area contributed by atoms with Crippen molar-refractivity contribution in [3.8, 4) is 44.5 Å². The van der Waals surface area contributed by atoms with Crippen molar-refractivity contribution in [2.24, 2.45) is 0 Å². The molecular weight excluding hydrogens is 915 g/mol. The Morgan fingerprint density at radius 3 is 1.61 bits per heavy atom. The molecule has 0 bridgehead atoms. The van der Waals surface area contributed by atoms with Crippen LogP contribution < -0.4 is 4.90 Å². The van der Waals surface area contributed by atoms with E-state index in [0.29, 0.717) is 0 Å². The summed E-state index contributed by atoms with van der Waals surface area (Å²) in [5.41, 5.74) is 19.1. The van der Waals surface area contributed by atoms with Crippen LogP contribution in [-0.2, 0) is 5.41 Å². The highest BCUT2D eigenvalue weighted by molar-refractivity contribution is 7.26. The molecule has 2 heterocycles. The van der Waals surface area contributed by atoms with E-state index in [1.807, 2.05) is 11.3 Å². The number of para-hydroxylation sites is 2. The Labute approximate surface area is 433 Å². The summed E-state index contributed by atoms with van der Waals surface area (Å²) < 4.78 is 9.62. The van der Waals surface area contributed by atoms with Gasteiger partial charge in [0, 0.05) is 58.8 Å². The molecule has 2 aromatic heterocycles. The zero-order chi connectivity index (χ0) is 48.7. The molecule has 2 nitrogen and oxygen atoms in total. The van der Waals surface area contributed by atoms with Crippen LogP contribution >= 0.6 is 11.3 Å². The van der Waals surface area contributed by atoms with Gasteiger partial charge in [-0.25, -0.2) is 0 Å². The summed E-state index contributed by atoms with van der Waals surface area (Å²) in [5.74, 6) is 0. The molecule has 74 heavy (non-hydrogen) atoms. The van der Waals surface area contributed by atoms with Gasteiger partial charge >= 0.3 is 0 Å². The second-order valence-corrected chi connectivity index (χ2v) is 20.5. The van der Waals surface area contributed by atoms with E-state index in [2.05, 4.69) is 278 Å². The Morgan fingerprint density at radius 2 is 0.851 bits per heavy atom. The minimum Gasteiger partial charge on any atom is -0.455 e. The number of hydrogen-bond donors (Lipinski definition) is 0. The van der Waals surface area contributed by atoms with Crippen molar-refractivity contribution in [3.05, 3.63) is 295 Å². The van der Waals surface area contributed by atoms with Crippen LogP contribution in [0.15, 0.2) is 277 Å². The number of rotatable bonds is 8. The van der Waals surface area contributed by atoms with Crippen molar-refractivity contribution in [1.82, 2.24) is 0 Å². The van der Waals surface area contributed by atoms with Crippen molar-refractivity contribution >= 4 is 81.3 Å².